The standard InChI is InChI=1S/C17H17BrN2O4/c1-22-14-8-7-12(18)9-13(14)17(21)20-19-10-11-5-4-6-15(23-2)16(11)24-3/h4-10H,1-3H3,(H,20,21). The van der Waals surface area contributed by atoms with Crippen LogP contribution in [0.5, 0.6) is 17.2 Å². The van der Waals surface area contributed by atoms with Gasteiger partial charge in [-0.2, -0.15) is 5.10 Å². The highest BCUT2D eigenvalue weighted by Gasteiger charge is 2.12. The predicted molar refractivity (Wildman–Crippen MR) is 95.3 cm³/mol. The van der Waals surface area contributed by atoms with Crippen molar-refractivity contribution in [2.75, 3.05) is 21.3 Å². The third-order valence-electron chi connectivity index (χ3n) is 3.21. The second-order valence-corrected chi connectivity index (χ2v) is 5.54. The maximum atomic E-state index is 12.3. The zero-order valence-electron chi connectivity index (χ0n) is 13.5. The quantitative estimate of drug-likeness (QED) is 0.605. The van der Waals surface area contributed by atoms with Gasteiger partial charge in [-0.1, -0.05) is 22.0 Å². The highest BCUT2D eigenvalue weighted by Crippen LogP contribution is 2.29. The lowest BCUT2D eigenvalue weighted by Gasteiger charge is -2.10. The molecule has 0 fully saturated rings. The lowest BCUT2D eigenvalue weighted by molar-refractivity contribution is 0.0952. The van der Waals surface area contributed by atoms with Crippen molar-refractivity contribution < 1.29 is 19.0 Å². The zero-order chi connectivity index (χ0) is 17.5. The van der Waals surface area contributed by atoms with Crippen molar-refractivity contribution in [2.24, 2.45) is 5.10 Å². The Bertz CT molecular complexity index is 762. The van der Waals surface area contributed by atoms with Crippen LogP contribution in [-0.4, -0.2) is 33.5 Å². The second kappa shape index (κ2) is 8.35. The molecule has 2 aromatic rings. The van der Waals surface area contributed by atoms with E-state index in [-0.39, 0.29) is 5.91 Å². The van der Waals surface area contributed by atoms with Crippen molar-refractivity contribution in [3.63, 3.8) is 0 Å². The third kappa shape index (κ3) is 4.05. The fourth-order valence-electron chi connectivity index (χ4n) is 2.09. The summed E-state index contributed by atoms with van der Waals surface area (Å²) in [6.45, 7) is 0. The Kier molecular flexibility index (Phi) is 6.20. The summed E-state index contributed by atoms with van der Waals surface area (Å²) in [5.74, 6) is 1.20. The van der Waals surface area contributed by atoms with Gasteiger partial charge < -0.3 is 14.2 Å². The number of hydrogen-bond acceptors (Lipinski definition) is 5. The number of amides is 1. The van der Waals surface area contributed by atoms with Crippen LogP contribution in [0.3, 0.4) is 0 Å². The highest BCUT2D eigenvalue weighted by molar-refractivity contribution is 9.10. The molecular formula is C17H17BrN2O4. The molecule has 126 valence electrons. The molecule has 2 rings (SSSR count). The van der Waals surface area contributed by atoms with Crippen molar-refractivity contribution in [1.29, 1.82) is 0 Å². The first-order valence-corrected chi connectivity index (χ1v) is 7.78. The van der Waals surface area contributed by atoms with Gasteiger partial charge in [0.2, 0.25) is 0 Å². The molecule has 24 heavy (non-hydrogen) atoms. The Labute approximate surface area is 148 Å². The maximum Gasteiger partial charge on any atom is 0.275 e. The topological polar surface area (TPSA) is 69.2 Å². The molecule has 0 spiro atoms. The number of carbonyl (C=O) groups excluding carboxylic acids is 1. The first-order chi connectivity index (χ1) is 11.6. The second-order valence-electron chi connectivity index (χ2n) is 4.63. The van der Waals surface area contributed by atoms with Crippen LogP contribution >= 0.6 is 15.9 Å². The minimum atomic E-state index is -0.383. The fraction of sp³-hybridized carbons (Fsp3) is 0.176. The molecule has 0 heterocycles. The maximum absolute atomic E-state index is 12.3. The average molecular weight is 393 g/mol. The number of para-hydroxylation sites is 1. The van der Waals surface area contributed by atoms with E-state index in [9.17, 15) is 4.79 Å². The summed E-state index contributed by atoms with van der Waals surface area (Å²) in [6, 6.07) is 10.5. The number of hydrazone groups is 1. The van der Waals surface area contributed by atoms with Crippen LogP contribution in [-0.2, 0) is 0 Å². The van der Waals surface area contributed by atoms with Crippen molar-refractivity contribution >= 4 is 28.1 Å². The summed E-state index contributed by atoms with van der Waals surface area (Å²) >= 11 is 3.33. The zero-order valence-corrected chi connectivity index (χ0v) is 15.1. The Hall–Kier alpha value is -2.54. The summed E-state index contributed by atoms with van der Waals surface area (Å²) in [5, 5.41) is 3.98. The largest absolute Gasteiger partial charge is 0.496 e. The van der Waals surface area contributed by atoms with Crippen LogP contribution in [0, 0.1) is 0 Å². The van der Waals surface area contributed by atoms with E-state index in [1.54, 1.807) is 44.6 Å². The summed E-state index contributed by atoms with van der Waals surface area (Å²) in [6.07, 6.45) is 1.49. The van der Waals surface area contributed by atoms with E-state index >= 15 is 0 Å². The number of methoxy groups -OCH3 is 3. The normalized spacial score (nSPS) is 10.5. The van der Waals surface area contributed by atoms with Crippen LogP contribution in [0.1, 0.15) is 15.9 Å². The van der Waals surface area contributed by atoms with Crippen LogP contribution < -0.4 is 19.6 Å². The number of benzene rings is 2. The van der Waals surface area contributed by atoms with Crippen molar-refractivity contribution in [2.45, 2.75) is 0 Å². The number of halogens is 1. The summed E-state index contributed by atoms with van der Waals surface area (Å²) in [4.78, 5) is 12.3. The number of carbonyl (C=O) groups is 1. The van der Waals surface area contributed by atoms with Gasteiger partial charge in [-0.25, -0.2) is 5.43 Å². The van der Waals surface area contributed by atoms with E-state index in [0.29, 0.717) is 28.4 Å². The van der Waals surface area contributed by atoms with Crippen LogP contribution in [0.2, 0.25) is 0 Å². The van der Waals surface area contributed by atoms with Gasteiger partial charge in [-0.15, -0.1) is 0 Å². The van der Waals surface area contributed by atoms with E-state index < -0.39 is 0 Å². The molecule has 0 unspecified atom stereocenters. The van der Waals surface area contributed by atoms with Gasteiger partial charge in [0, 0.05) is 10.0 Å². The molecule has 0 aliphatic carbocycles. The molecule has 1 amide bonds. The van der Waals surface area contributed by atoms with Crippen LogP contribution in [0.15, 0.2) is 46.0 Å². The number of hydrogen-bond donors (Lipinski definition) is 1. The first-order valence-electron chi connectivity index (χ1n) is 6.98. The van der Waals surface area contributed by atoms with Crippen LogP contribution in [0.4, 0.5) is 0 Å². The number of rotatable bonds is 6. The minimum absolute atomic E-state index is 0.377. The van der Waals surface area contributed by atoms with E-state index in [1.165, 1.54) is 13.3 Å². The fourth-order valence-corrected chi connectivity index (χ4v) is 2.45. The molecule has 6 nitrogen and oxygen atoms in total. The van der Waals surface area contributed by atoms with E-state index in [4.69, 9.17) is 14.2 Å². The molecule has 0 aromatic heterocycles. The molecule has 2 aromatic carbocycles. The summed E-state index contributed by atoms with van der Waals surface area (Å²) in [5.41, 5.74) is 3.53. The molecule has 0 saturated heterocycles. The van der Waals surface area contributed by atoms with E-state index in [2.05, 4.69) is 26.5 Å². The third-order valence-corrected chi connectivity index (χ3v) is 3.70. The SMILES string of the molecule is COc1ccc(Br)cc1C(=O)NN=Cc1cccc(OC)c1OC. The smallest absolute Gasteiger partial charge is 0.275 e. The van der Waals surface area contributed by atoms with E-state index in [0.717, 1.165) is 4.47 Å². The molecule has 0 aliphatic heterocycles. The lowest BCUT2D eigenvalue weighted by atomic mass is 10.2. The summed E-state index contributed by atoms with van der Waals surface area (Å²) < 4.78 is 16.5. The lowest BCUT2D eigenvalue weighted by Crippen LogP contribution is -2.18. The van der Waals surface area contributed by atoms with Crippen molar-refractivity contribution in [3.8, 4) is 17.2 Å². The Morgan fingerprint density at radius 1 is 1.08 bits per heavy atom. The average Bonchev–Trinajstić information content (AvgIpc) is 2.61. The molecule has 1 N–H and O–H groups in total. The molecule has 7 heteroatoms. The van der Waals surface area contributed by atoms with E-state index in [1.807, 2.05) is 6.07 Å². The Morgan fingerprint density at radius 3 is 2.50 bits per heavy atom. The number of nitrogens with zero attached hydrogens (tertiary/aromatic N) is 1. The number of ether oxygens (including phenoxy) is 3. The van der Waals surface area contributed by atoms with Gasteiger partial charge in [-0.3, -0.25) is 4.79 Å². The van der Waals surface area contributed by atoms with Gasteiger partial charge in [0.1, 0.15) is 5.75 Å². The van der Waals surface area contributed by atoms with Crippen molar-refractivity contribution in [3.05, 3.63) is 52.0 Å². The van der Waals surface area contributed by atoms with Crippen LogP contribution in [0.25, 0.3) is 0 Å². The van der Waals surface area contributed by atoms with Gasteiger partial charge >= 0.3 is 0 Å². The summed E-state index contributed by atoms with van der Waals surface area (Å²) in [7, 11) is 4.60. The van der Waals surface area contributed by atoms with Crippen molar-refractivity contribution in [1.82, 2.24) is 5.43 Å². The molecule has 0 atom stereocenters. The van der Waals surface area contributed by atoms with Gasteiger partial charge in [0.15, 0.2) is 11.5 Å². The minimum Gasteiger partial charge on any atom is -0.496 e. The molecular weight excluding hydrogens is 376 g/mol. The highest BCUT2D eigenvalue weighted by atomic mass is 79.9. The monoisotopic (exact) mass is 392 g/mol. The van der Waals surface area contributed by atoms with Gasteiger partial charge in [0.05, 0.1) is 33.1 Å². The van der Waals surface area contributed by atoms with Gasteiger partial charge in [0.25, 0.3) is 5.91 Å². The number of nitrogens with one attached hydrogen (secondary N) is 1. The Balaban J connectivity index is 2.18. The predicted octanol–water partition coefficient (Wildman–Crippen LogP) is 3.24. The molecule has 0 saturated carbocycles. The molecule has 0 radical (unpaired) electrons. The first kappa shape index (κ1) is 17.8. The Morgan fingerprint density at radius 2 is 1.83 bits per heavy atom. The molecule has 0 aliphatic rings. The molecule has 0 bridgehead atoms. The van der Waals surface area contributed by atoms with Gasteiger partial charge in [-0.05, 0) is 30.3 Å².